The highest BCUT2D eigenvalue weighted by atomic mass is 19.3. The summed E-state index contributed by atoms with van der Waals surface area (Å²) in [7, 11) is 0. The summed E-state index contributed by atoms with van der Waals surface area (Å²) in [6.07, 6.45) is 4.55. The lowest BCUT2D eigenvalue weighted by atomic mass is 10.0. The standard InChI is InChI=1S/C14H23F2N3O/c1-10(20)17-13-8-19(9-14(13,15)16)12-4-6-18(7-5-12)11-2-3-11/h11-13H,2-9H2,1H3,(H,17,20). The Balaban J connectivity index is 1.54. The summed E-state index contributed by atoms with van der Waals surface area (Å²) in [4.78, 5) is 15.4. The minimum Gasteiger partial charge on any atom is -0.346 e. The van der Waals surface area contributed by atoms with Gasteiger partial charge in [-0.1, -0.05) is 0 Å². The van der Waals surface area contributed by atoms with E-state index in [1.807, 2.05) is 4.90 Å². The van der Waals surface area contributed by atoms with Gasteiger partial charge in [-0.3, -0.25) is 9.69 Å². The van der Waals surface area contributed by atoms with Gasteiger partial charge in [0.2, 0.25) is 5.91 Å². The molecule has 20 heavy (non-hydrogen) atoms. The molecule has 1 unspecified atom stereocenters. The number of carbonyl (C=O) groups excluding carboxylic acids is 1. The van der Waals surface area contributed by atoms with E-state index in [4.69, 9.17) is 0 Å². The second-order valence-electron chi connectivity index (χ2n) is 6.44. The molecule has 0 bridgehead atoms. The number of rotatable bonds is 3. The number of amides is 1. The number of hydrogen-bond donors (Lipinski definition) is 1. The third-order valence-electron chi connectivity index (χ3n) is 4.80. The monoisotopic (exact) mass is 287 g/mol. The number of carbonyl (C=O) groups is 1. The fourth-order valence-corrected chi connectivity index (χ4v) is 3.54. The predicted octanol–water partition coefficient (Wildman–Crippen LogP) is 1.07. The van der Waals surface area contributed by atoms with Crippen LogP contribution in [-0.2, 0) is 4.79 Å². The number of nitrogens with one attached hydrogen (secondary N) is 1. The highest BCUT2D eigenvalue weighted by Crippen LogP contribution is 2.34. The van der Waals surface area contributed by atoms with Gasteiger partial charge in [0.15, 0.2) is 0 Å². The molecule has 114 valence electrons. The molecular weight excluding hydrogens is 264 g/mol. The Labute approximate surface area is 118 Å². The van der Waals surface area contributed by atoms with E-state index < -0.39 is 12.0 Å². The lowest BCUT2D eigenvalue weighted by Crippen LogP contribution is -2.46. The fraction of sp³-hybridized carbons (Fsp3) is 0.929. The van der Waals surface area contributed by atoms with Gasteiger partial charge in [-0.05, 0) is 38.8 Å². The zero-order chi connectivity index (χ0) is 14.3. The molecule has 3 fully saturated rings. The lowest BCUT2D eigenvalue weighted by Gasteiger charge is -2.36. The topological polar surface area (TPSA) is 35.6 Å². The first-order chi connectivity index (χ1) is 9.45. The molecule has 2 aliphatic heterocycles. The van der Waals surface area contributed by atoms with Gasteiger partial charge in [-0.2, -0.15) is 0 Å². The maximum Gasteiger partial charge on any atom is 0.281 e. The van der Waals surface area contributed by atoms with Crippen LogP contribution in [0.15, 0.2) is 0 Å². The number of piperidine rings is 1. The Kier molecular flexibility index (Phi) is 3.71. The van der Waals surface area contributed by atoms with E-state index in [0.29, 0.717) is 0 Å². The van der Waals surface area contributed by atoms with Crippen LogP contribution in [-0.4, -0.2) is 65.9 Å². The molecule has 0 aromatic rings. The molecule has 1 saturated carbocycles. The number of likely N-dealkylation sites (tertiary alicyclic amines) is 2. The molecular formula is C14H23F2N3O. The van der Waals surface area contributed by atoms with Crippen molar-refractivity contribution in [3.05, 3.63) is 0 Å². The van der Waals surface area contributed by atoms with Crippen LogP contribution in [0.25, 0.3) is 0 Å². The second kappa shape index (κ2) is 5.22. The van der Waals surface area contributed by atoms with Gasteiger partial charge in [-0.15, -0.1) is 0 Å². The van der Waals surface area contributed by atoms with Crippen molar-refractivity contribution in [1.82, 2.24) is 15.1 Å². The van der Waals surface area contributed by atoms with Crippen molar-refractivity contribution in [3.8, 4) is 0 Å². The van der Waals surface area contributed by atoms with Crippen LogP contribution in [0.1, 0.15) is 32.6 Å². The second-order valence-corrected chi connectivity index (χ2v) is 6.44. The van der Waals surface area contributed by atoms with Gasteiger partial charge in [0.1, 0.15) is 6.04 Å². The van der Waals surface area contributed by atoms with Crippen LogP contribution in [0, 0.1) is 0 Å². The van der Waals surface area contributed by atoms with E-state index in [1.165, 1.54) is 19.8 Å². The summed E-state index contributed by atoms with van der Waals surface area (Å²) < 4.78 is 27.8. The maximum atomic E-state index is 13.9. The number of halogens is 2. The third kappa shape index (κ3) is 2.96. The predicted molar refractivity (Wildman–Crippen MR) is 71.7 cm³/mol. The summed E-state index contributed by atoms with van der Waals surface area (Å²) in [5.74, 6) is -3.18. The van der Waals surface area contributed by atoms with E-state index in [-0.39, 0.29) is 25.0 Å². The van der Waals surface area contributed by atoms with Crippen molar-refractivity contribution in [2.24, 2.45) is 0 Å². The molecule has 4 nitrogen and oxygen atoms in total. The Hall–Kier alpha value is -0.750. The van der Waals surface area contributed by atoms with Crippen LogP contribution in [0.4, 0.5) is 8.78 Å². The Bertz CT molecular complexity index is 379. The quantitative estimate of drug-likeness (QED) is 0.843. The largest absolute Gasteiger partial charge is 0.346 e. The smallest absolute Gasteiger partial charge is 0.281 e. The molecule has 0 radical (unpaired) electrons. The molecule has 6 heteroatoms. The zero-order valence-corrected chi connectivity index (χ0v) is 11.9. The third-order valence-corrected chi connectivity index (χ3v) is 4.80. The van der Waals surface area contributed by atoms with Crippen LogP contribution >= 0.6 is 0 Å². The van der Waals surface area contributed by atoms with Gasteiger partial charge in [0, 0.05) is 25.6 Å². The summed E-state index contributed by atoms with van der Waals surface area (Å²) in [6, 6.07) is -0.0146. The molecule has 1 N–H and O–H groups in total. The van der Waals surface area contributed by atoms with Crippen molar-refractivity contribution < 1.29 is 13.6 Å². The molecule has 3 rings (SSSR count). The highest BCUT2D eigenvalue weighted by molar-refractivity contribution is 5.73. The molecule has 1 amide bonds. The van der Waals surface area contributed by atoms with Crippen molar-refractivity contribution in [2.45, 2.75) is 56.7 Å². The average Bonchev–Trinajstić information content (AvgIpc) is 3.17. The molecule has 0 aromatic heterocycles. The number of nitrogens with zero attached hydrogens (tertiary/aromatic N) is 2. The van der Waals surface area contributed by atoms with Gasteiger partial charge >= 0.3 is 0 Å². The van der Waals surface area contributed by atoms with Gasteiger partial charge in [0.05, 0.1) is 6.54 Å². The molecule has 2 saturated heterocycles. The van der Waals surface area contributed by atoms with Crippen LogP contribution in [0.3, 0.4) is 0 Å². The van der Waals surface area contributed by atoms with Crippen LogP contribution in [0.5, 0.6) is 0 Å². The van der Waals surface area contributed by atoms with E-state index in [9.17, 15) is 13.6 Å². The van der Waals surface area contributed by atoms with Crippen molar-refractivity contribution in [3.63, 3.8) is 0 Å². The van der Waals surface area contributed by atoms with Crippen LogP contribution < -0.4 is 5.32 Å². The minimum absolute atomic E-state index is 0.216. The first kappa shape index (κ1) is 14.2. The molecule has 0 spiro atoms. The van der Waals surface area contributed by atoms with E-state index in [1.54, 1.807) is 0 Å². The maximum absolute atomic E-state index is 13.9. The van der Waals surface area contributed by atoms with Crippen molar-refractivity contribution in [1.29, 1.82) is 0 Å². The summed E-state index contributed by atoms with van der Waals surface area (Å²) in [6.45, 7) is 3.42. The first-order valence-corrected chi connectivity index (χ1v) is 7.59. The SMILES string of the molecule is CC(=O)NC1CN(C2CCN(C3CC3)CC2)CC1(F)F. The number of alkyl halides is 2. The molecule has 2 heterocycles. The van der Waals surface area contributed by atoms with Gasteiger partial charge in [0.25, 0.3) is 5.92 Å². The summed E-state index contributed by atoms with van der Waals surface area (Å²) in [5.41, 5.74) is 0. The van der Waals surface area contributed by atoms with Crippen LogP contribution in [0.2, 0.25) is 0 Å². The van der Waals surface area contributed by atoms with Crippen molar-refractivity contribution >= 4 is 5.91 Å². The Morgan fingerprint density at radius 3 is 2.25 bits per heavy atom. The normalized spacial score (nSPS) is 32.5. The zero-order valence-electron chi connectivity index (χ0n) is 11.9. The Morgan fingerprint density at radius 1 is 1.10 bits per heavy atom. The molecule has 3 aliphatic rings. The van der Waals surface area contributed by atoms with Gasteiger partial charge in [-0.25, -0.2) is 8.78 Å². The molecule has 1 atom stereocenters. The van der Waals surface area contributed by atoms with Gasteiger partial charge < -0.3 is 10.2 Å². The fourth-order valence-electron chi connectivity index (χ4n) is 3.54. The summed E-state index contributed by atoms with van der Waals surface area (Å²) >= 11 is 0. The number of hydrogen-bond acceptors (Lipinski definition) is 3. The summed E-state index contributed by atoms with van der Waals surface area (Å²) in [5, 5.41) is 2.40. The minimum atomic E-state index is -2.81. The highest BCUT2D eigenvalue weighted by Gasteiger charge is 2.50. The molecule has 0 aromatic carbocycles. The molecule has 1 aliphatic carbocycles. The Morgan fingerprint density at radius 2 is 1.70 bits per heavy atom. The van der Waals surface area contributed by atoms with E-state index in [0.717, 1.165) is 32.0 Å². The first-order valence-electron chi connectivity index (χ1n) is 7.59. The van der Waals surface area contributed by atoms with Crippen molar-refractivity contribution in [2.75, 3.05) is 26.2 Å². The van der Waals surface area contributed by atoms with E-state index >= 15 is 0 Å². The lowest BCUT2D eigenvalue weighted by molar-refractivity contribution is -0.122. The average molecular weight is 287 g/mol. The van der Waals surface area contributed by atoms with E-state index in [2.05, 4.69) is 10.2 Å².